The SMILES string of the molecule is CCCNC(C#N)(CC)CCCOC1CCCCC1CC. The fraction of sp³-hybridized carbons (Fsp3) is 0.944. The van der Waals surface area contributed by atoms with Gasteiger partial charge < -0.3 is 4.74 Å². The lowest BCUT2D eigenvalue weighted by Gasteiger charge is -2.31. The molecular formula is C18H34N2O. The Labute approximate surface area is 131 Å². The van der Waals surface area contributed by atoms with Crippen LogP contribution in [0, 0.1) is 17.2 Å². The van der Waals surface area contributed by atoms with Gasteiger partial charge in [0.25, 0.3) is 0 Å². The van der Waals surface area contributed by atoms with E-state index in [1.54, 1.807) is 0 Å². The summed E-state index contributed by atoms with van der Waals surface area (Å²) in [5.74, 6) is 0.754. The van der Waals surface area contributed by atoms with Crippen LogP contribution in [-0.4, -0.2) is 24.8 Å². The zero-order valence-corrected chi connectivity index (χ0v) is 14.3. The molecule has 122 valence electrons. The lowest BCUT2D eigenvalue weighted by atomic mass is 9.84. The van der Waals surface area contributed by atoms with E-state index in [9.17, 15) is 5.26 Å². The molecule has 0 amide bonds. The summed E-state index contributed by atoms with van der Waals surface area (Å²) in [5, 5.41) is 12.9. The lowest BCUT2D eigenvalue weighted by Crippen LogP contribution is -2.44. The van der Waals surface area contributed by atoms with Crippen molar-refractivity contribution in [2.24, 2.45) is 5.92 Å². The van der Waals surface area contributed by atoms with E-state index in [1.807, 2.05) is 0 Å². The van der Waals surface area contributed by atoms with Crippen LogP contribution < -0.4 is 5.32 Å². The molecule has 1 rings (SSSR count). The van der Waals surface area contributed by atoms with Gasteiger partial charge >= 0.3 is 0 Å². The second-order valence-corrected chi connectivity index (χ2v) is 6.44. The number of hydrogen-bond donors (Lipinski definition) is 1. The molecule has 0 heterocycles. The van der Waals surface area contributed by atoms with Crippen molar-refractivity contribution < 1.29 is 4.74 Å². The third-order valence-corrected chi connectivity index (χ3v) is 4.97. The summed E-state index contributed by atoms with van der Waals surface area (Å²) in [4.78, 5) is 0. The number of nitriles is 1. The monoisotopic (exact) mass is 294 g/mol. The molecule has 0 bridgehead atoms. The van der Waals surface area contributed by atoms with Crippen molar-refractivity contribution in [2.75, 3.05) is 13.2 Å². The van der Waals surface area contributed by atoms with Crippen molar-refractivity contribution >= 4 is 0 Å². The Balaban J connectivity index is 2.32. The van der Waals surface area contributed by atoms with E-state index in [0.29, 0.717) is 6.10 Å². The summed E-state index contributed by atoms with van der Waals surface area (Å²) in [6, 6.07) is 2.49. The van der Waals surface area contributed by atoms with E-state index in [0.717, 1.165) is 44.8 Å². The summed E-state index contributed by atoms with van der Waals surface area (Å²) >= 11 is 0. The molecule has 3 unspecified atom stereocenters. The second kappa shape index (κ2) is 10.2. The third kappa shape index (κ3) is 5.96. The van der Waals surface area contributed by atoms with E-state index in [-0.39, 0.29) is 5.54 Å². The smallest absolute Gasteiger partial charge is 0.106 e. The van der Waals surface area contributed by atoms with Crippen molar-refractivity contribution in [1.82, 2.24) is 5.32 Å². The van der Waals surface area contributed by atoms with E-state index in [2.05, 4.69) is 32.2 Å². The summed E-state index contributed by atoms with van der Waals surface area (Å²) in [6.07, 6.45) is 10.7. The first-order valence-electron chi connectivity index (χ1n) is 8.99. The standard InChI is InChI=1S/C18H34N2O/c1-4-13-20-18(6-3,15-19)12-9-14-21-17-11-8-7-10-16(17)5-2/h16-17,20H,4-14H2,1-3H3. The van der Waals surface area contributed by atoms with Gasteiger partial charge in [-0.25, -0.2) is 0 Å². The second-order valence-electron chi connectivity index (χ2n) is 6.44. The predicted octanol–water partition coefficient (Wildman–Crippen LogP) is 4.42. The van der Waals surface area contributed by atoms with E-state index in [4.69, 9.17) is 4.74 Å². The minimum atomic E-state index is -0.351. The minimum Gasteiger partial charge on any atom is -0.378 e. The highest BCUT2D eigenvalue weighted by molar-refractivity contribution is 5.06. The number of hydrogen-bond acceptors (Lipinski definition) is 3. The molecule has 1 aliphatic carbocycles. The van der Waals surface area contributed by atoms with Crippen LogP contribution in [0.1, 0.15) is 78.6 Å². The Morgan fingerprint density at radius 2 is 2.00 bits per heavy atom. The van der Waals surface area contributed by atoms with Crippen LogP contribution in [0.2, 0.25) is 0 Å². The Morgan fingerprint density at radius 3 is 2.62 bits per heavy atom. The molecule has 1 saturated carbocycles. The Hall–Kier alpha value is -0.590. The molecule has 3 nitrogen and oxygen atoms in total. The molecule has 21 heavy (non-hydrogen) atoms. The van der Waals surface area contributed by atoms with E-state index < -0.39 is 0 Å². The molecule has 0 spiro atoms. The number of rotatable bonds is 10. The summed E-state index contributed by atoms with van der Waals surface area (Å²) in [7, 11) is 0. The zero-order chi connectivity index (χ0) is 15.6. The molecule has 0 aromatic heterocycles. The maximum Gasteiger partial charge on any atom is 0.106 e. The van der Waals surface area contributed by atoms with Crippen LogP contribution in [0.15, 0.2) is 0 Å². The van der Waals surface area contributed by atoms with Gasteiger partial charge in [-0.05, 0) is 51.0 Å². The highest BCUT2D eigenvalue weighted by atomic mass is 16.5. The first-order valence-corrected chi connectivity index (χ1v) is 8.99. The molecule has 0 radical (unpaired) electrons. The van der Waals surface area contributed by atoms with Crippen molar-refractivity contribution in [3.63, 3.8) is 0 Å². The largest absolute Gasteiger partial charge is 0.378 e. The van der Waals surface area contributed by atoms with Gasteiger partial charge in [-0.3, -0.25) is 5.32 Å². The van der Waals surface area contributed by atoms with Crippen LogP contribution >= 0.6 is 0 Å². The van der Waals surface area contributed by atoms with Crippen molar-refractivity contribution in [3.05, 3.63) is 0 Å². The summed E-state index contributed by atoms with van der Waals surface area (Å²) < 4.78 is 6.14. The molecule has 0 aromatic rings. The Kier molecular flexibility index (Phi) is 8.96. The fourth-order valence-electron chi connectivity index (χ4n) is 3.40. The average molecular weight is 294 g/mol. The molecule has 1 N–H and O–H groups in total. The van der Waals surface area contributed by atoms with Gasteiger partial charge in [-0.2, -0.15) is 5.26 Å². The predicted molar refractivity (Wildman–Crippen MR) is 88.2 cm³/mol. The van der Waals surface area contributed by atoms with Gasteiger partial charge in [0.1, 0.15) is 5.54 Å². The number of nitrogens with zero attached hydrogens (tertiary/aromatic N) is 1. The van der Waals surface area contributed by atoms with Gasteiger partial charge in [0.05, 0.1) is 12.2 Å². The van der Waals surface area contributed by atoms with Crippen molar-refractivity contribution in [3.8, 4) is 6.07 Å². The Bertz CT molecular complexity index is 313. The molecule has 1 fully saturated rings. The Morgan fingerprint density at radius 1 is 1.24 bits per heavy atom. The third-order valence-electron chi connectivity index (χ3n) is 4.97. The van der Waals surface area contributed by atoms with Gasteiger partial charge in [0, 0.05) is 6.61 Å². The van der Waals surface area contributed by atoms with Gasteiger partial charge in [0.2, 0.25) is 0 Å². The normalized spacial score (nSPS) is 25.2. The number of ether oxygens (including phenoxy) is 1. The van der Waals surface area contributed by atoms with Gasteiger partial charge in [-0.15, -0.1) is 0 Å². The molecule has 0 saturated heterocycles. The first kappa shape index (κ1) is 18.5. The van der Waals surface area contributed by atoms with Gasteiger partial charge in [-0.1, -0.05) is 40.0 Å². The molecular weight excluding hydrogens is 260 g/mol. The van der Waals surface area contributed by atoms with Gasteiger partial charge in [0.15, 0.2) is 0 Å². The topological polar surface area (TPSA) is 45.0 Å². The highest BCUT2D eigenvalue weighted by Gasteiger charge is 2.27. The van der Waals surface area contributed by atoms with E-state index >= 15 is 0 Å². The minimum absolute atomic E-state index is 0.351. The van der Waals surface area contributed by atoms with Crippen molar-refractivity contribution in [2.45, 2.75) is 90.2 Å². The summed E-state index contributed by atoms with van der Waals surface area (Å²) in [5.41, 5.74) is -0.351. The lowest BCUT2D eigenvalue weighted by molar-refractivity contribution is -0.0147. The van der Waals surface area contributed by atoms with Crippen LogP contribution in [-0.2, 0) is 4.74 Å². The first-order chi connectivity index (χ1) is 10.2. The number of nitrogens with one attached hydrogen (secondary N) is 1. The molecule has 3 atom stereocenters. The quantitative estimate of drug-likeness (QED) is 0.606. The molecule has 3 heteroatoms. The van der Waals surface area contributed by atoms with Crippen LogP contribution in [0.3, 0.4) is 0 Å². The zero-order valence-electron chi connectivity index (χ0n) is 14.3. The van der Waals surface area contributed by atoms with Crippen molar-refractivity contribution in [1.29, 1.82) is 5.26 Å². The summed E-state index contributed by atoms with van der Waals surface area (Å²) in [6.45, 7) is 8.24. The fourth-order valence-corrected chi connectivity index (χ4v) is 3.40. The van der Waals surface area contributed by atoms with Crippen LogP contribution in [0.25, 0.3) is 0 Å². The molecule has 1 aliphatic rings. The van der Waals surface area contributed by atoms with Crippen LogP contribution in [0.5, 0.6) is 0 Å². The maximum atomic E-state index is 9.48. The maximum absolute atomic E-state index is 9.48. The van der Waals surface area contributed by atoms with Crippen LogP contribution in [0.4, 0.5) is 0 Å². The van der Waals surface area contributed by atoms with E-state index in [1.165, 1.54) is 32.1 Å². The molecule has 0 aliphatic heterocycles. The molecule has 0 aromatic carbocycles. The average Bonchev–Trinajstić information content (AvgIpc) is 2.55. The highest BCUT2D eigenvalue weighted by Crippen LogP contribution is 2.29.